The first-order chi connectivity index (χ1) is 10.1. The summed E-state index contributed by atoms with van der Waals surface area (Å²) in [6.07, 6.45) is 4.93. The Kier molecular flexibility index (Phi) is 4.27. The van der Waals surface area contributed by atoms with E-state index in [0.717, 1.165) is 31.4 Å². The molecule has 114 valence electrons. The molecule has 3 nitrogen and oxygen atoms in total. The number of amides is 1. The highest BCUT2D eigenvalue weighted by Gasteiger charge is 2.50. The van der Waals surface area contributed by atoms with Crippen molar-refractivity contribution in [3.05, 3.63) is 35.9 Å². The van der Waals surface area contributed by atoms with E-state index >= 15 is 0 Å². The number of hydrogen-bond donors (Lipinski definition) is 1. The number of thioether (sulfide) groups is 1. The molecule has 0 spiro atoms. The van der Waals surface area contributed by atoms with Crippen molar-refractivity contribution in [1.82, 2.24) is 4.90 Å². The van der Waals surface area contributed by atoms with Gasteiger partial charge in [0, 0.05) is 19.0 Å². The van der Waals surface area contributed by atoms with Crippen LogP contribution in [0.4, 0.5) is 0 Å². The number of fused-ring (bicyclic) bond motifs is 1. The largest absolute Gasteiger partial charge is 0.385 e. The van der Waals surface area contributed by atoms with Crippen LogP contribution in [0, 0.1) is 11.8 Å². The molecule has 1 saturated carbocycles. The van der Waals surface area contributed by atoms with Gasteiger partial charge in [0.25, 0.3) is 0 Å². The lowest BCUT2D eigenvalue weighted by Crippen LogP contribution is -2.43. The van der Waals surface area contributed by atoms with Crippen molar-refractivity contribution in [2.75, 3.05) is 25.1 Å². The maximum Gasteiger partial charge on any atom is 0.232 e. The van der Waals surface area contributed by atoms with Crippen LogP contribution in [-0.4, -0.2) is 41.0 Å². The Morgan fingerprint density at radius 2 is 2.14 bits per heavy atom. The first-order valence-electron chi connectivity index (χ1n) is 7.70. The molecular formula is C17H23NO2S. The van der Waals surface area contributed by atoms with Crippen LogP contribution >= 0.6 is 11.8 Å². The van der Waals surface area contributed by atoms with Crippen molar-refractivity contribution < 1.29 is 9.90 Å². The van der Waals surface area contributed by atoms with E-state index in [0.29, 0.717) is 18.2 Å². The molecule has 1 aromatic carbocycles. The van der Waals surface area contributed by atoms with Crippen molar-refractivity contribution in [2.24, 2.45) is 11.8 Å². The van der Waals surface area contributed by atoms with E-state index in [2.05, 4.69) is 0 Å². The van der Waals surface area contributed by atoms with E-state index in [-0.39, 0.29) is 11.8 Å². The average molecular weight is 305 g/mol. The van der Waals surface area contributed by atoms with Gasteiger partial charge in [-0.15, -0.1) is 0 Å². The van der Waals surface area contributed by atoms with E-state index in [9.17, 15) is 9.90 Å². The number of aliphatic hydroxyl groups is 1. The molecule has 1 aromatic rings. The van der Waals surface area contributed by atoms with Gasteiger partial charge in [0.1, 0.15) is 0 Å². The lowest BCUT2D eigenvalue weighted by atomic mass is 9.67. The van der Waals surface area contributed by atoms with Crippen molar-refractivity contribution >= 4 is 17.7 Å². The van der Waals surface area contributed by atoms with Crippen LogP contribution in [-0.2, 0) is 10.4 Å². The van der Waals surface area contributed by atoms with Gasteiger partial charge in [-0.1, -0.05) is 30.3 Å². The Morgan fingerprint density at radius 1 is 1.38 bits per heavy atom. The van der Waals surface area contributed by atoms with Crippen LogP contribution in [0.5, 0.6) is 0 Å². The summed E-state index contributed by atoms with van der Waals surface area (Å²) >= 11 is 1.57. The van der Waals surface area contributed by atoms with Crippen LogP contribution in [0.15, 0.2) is 30.3 Å². The van der Waals surface area contributed by atoms with Crippen LogP contribution in [0.2, 0.25) is 0 Å². The first kappa shape index (κ1) is 14.9. The second kappa shape index (κ2) is 6.01. The maximum absolute atomic E-state index is 12.2. The molecule has 0 bridgehead atoms. The summed E-state index contributed by atoms with van der Waals surface area (Å²) in [5, 5.41) is 11.3. The maximum atomic E-state index is 12.2. The van der Waals surface area contributed by atoms with Gasteiger partial charge in [-0.2, -0.15) is 11.8 Å². The minimum absolute atomic E-state index is 0.180. The van der Waals surface area contributed by atoms with Crippen LogP contribution in [0.25, 0.3) is 0 Å². The zero-order valence-corrected chi connectivity index (χ0v) is 13.3. The molecule has 1 aliphatic heterocycles. The minimum Gasteiger partial charge on any atom is -0.385 e. The van der Waals surface area contributed by atoms with Crippen LogP contribution in [0.3, 0.4) is 0 Å². The van der Waals surface area contributed by atoms with E-state index < -0.39 is 5.60 Å². The molecule has 1 saturated heterocycles. The number of carbonyl (C=O) groups is 1. The summed E-state index contributed by atoms with van der Waals surface area (Å²) in [5.74, 6) is 1.38. The number of hydrogen-bond acceptors (Lipinski definition) is 3. The number of benzene rings is 1. The third-order valence-electron chi connectivity index (χ3n) is 5.08. The van der Waals surface area contributed by atoms with Gasteiger partial charge < -0.3 is 10.0 Å². The van der Waals surface area contributed by atoms with Crippen molar-refractivity contribution in [3.63, 3.8) is 0 Å². The van der Waals surface area contributed by atoms with Gasteiger partial charge in [0.2, 0.25) is 5.91 Å². The average Bonchev–Trinajstić information content (AvgIpc) is 2.94. The molecule has 0 aromatic heterocycles. The summed E-state index contributed by atoms with van der Waals surface area (Å²) in [4.78, 5) is 14.1. The van der Waals surface area contributed by atoms with E-state index in [1.807, 2.05) is 41.5 Å². The Hall–Kier alpha value is -1.00. The second-order valence-electron chi connectivity index (χ2n) is 6.28. The molecule has 0 unspecified atom stereocenters. The number of nitrogens with zero attached hydrogens (tertiary/aromatic N) is 1. The summed E-state index contributed by atoms with van der Waals surface area (Å²) < 4.78 is 0. The highest BCUT2D eigenvalue weighted by atomic mass is 32.2. The minimum atomic E-state index is -0.765. The summed E-state index contributed by atoms with van der Waals surface area (Å²) in [5.41, 5.74) is 0.248. The lowest BCUT2D eigenvalue weighted by molar-refractivity contribution is -0.128. The molecular weight excluding hydrogens is 282 g/mol. The topological polar surface area (TPSA) is 40.5 Å². The highest BCUT2D eigenvalue weighted by molar-refractivity contribution is 7.99. The predicted molar refractivity (Wildman–Crippen MR) is 86.1 cm³/mol. The molecule has 2 aliphatic rings. The molecule has 1 aliphatic carbocycles. The molecule has 1 heterocycles. The first-order valence-corrected chi connectivity index (χ1v) is 9.09. The smallest absolute Gasteiger partial charge is 0.232 e. The third-order valence-corrected chi connectivity index (χ3v) is 5.62. The van der Waals surface area contributed by atoms with E-state index in [1.54, 1.807) is 11.8 Å². The fourth-order valence-electron chi connectivity index (χ4n) is 4.03. The summed E-state index contributed by atoms with van der Waals surface area (Å²) in [6.45, 7) is 1.52. The number of carbonyl (C=O) groups excluding carboxylic acids is 1. The summed E-state index contributed by atoms with van der Waals surface area (Å²) in [6, 6.07) is 10.0. The fourth-order valence-corrected chi connectivity index (χ4v) is 4.46. The van der Waals surface area contributed by atoms with Crippen LogP contribution in [0.1, 0.15) is 24.8 Å². The lowest BCUT2D eigenvalue weighted by Gasteiger charge is -2.41. The number of rotatable bonds is 3. The van der Waals surface area contributed by atoms with Gasteiger partial charge >= 0.3 is 0 Å². The monoisotopic (exact) mass is 305 g/mol. The van der Waals surface area contributed by atoms with Gasteiger partial charge in [-0.05, 0) is 37.0 Å². The zero-order chi connectivity index (χ0) is 14.9. The van der Waals surface area contributed by atoms with Crippen molar-refractivity contribution in [1.29, 1.82) is 0 Å². The predicted octanol–water partition coefficient (Wildman–Crippen LogP) is 2.50. The Bertz CT molecular complexity index is 507. The molecule has 2 fully saturated rings. The molecule has 3 atom stereocenters. The Labute approximate surface area is 130 Å². The van der Waals surface area contributed by atoms with Gasteiger partial charge in [-0.3, -0.25) is 4.79 Å². The normalized spacial score (nSPS) is 32.0. The standard InChI is InChI=1S/C17H23NO2S/c1-21-12-16(19)18-10-13-6-5-9-17(20,15(13)11-18)14-7-3-2-4-8-14/h2-4,7-8,13,15,20H,5-6,9-12H2,1H3/t13-,15+,17+/m1/s1. The van der Waals surface area contributed by atoms with E-state index in [1.165, 1.54) is 0 Å². The van der Waals surface area contributed by atoms with Gasteiger partial charge in [0.05, 0.1) is 11.4 Å². The SMILES string of the molecule is CSCC(=O)N1C[C@H]2CCC[C@](O)(c3ccccc3)[C@H]2C1. The number of likely N-dealkylation sites (tertiary alicyclic amines) is 1. The molecule has 4 heteroatoms. The highest BCUT2D eigenvalue weighted by Crippen LogP contribution is 2.48. The molecule has 3 rings (SSSR count). The zero-order valence-electron chi connectivity index (χ0n) is 12.5. The Morgan fingerprint density at radius 3 is 2.86 bits per heavy atom. The van der Waals surface area contributed by atoms with E-state index in [4.69, 9.17) is 0 Å². The molecule has 21 heavy (non-hydrogen) atoms. The molecule has 1 amide bonds. The third kappa shape index (κ3) is 2.71. The van der Waals surface area contributed by atoms with Crippen LogP contribution < -0.4 is 0 Å². The molecule has 1 N–H and O–H groups in total. The second-order valence-corrected chi connectivity index (χ2v) is 7.15. The fraction of sp³-hybridized carbons (Fsp3) is 0.588. The quantitative estimate of drug-likeness (QED) is 0.933. The Balaban J connectivity index is 1.83. The van der Waals surface area contributed by atoms with Crippen molar-refractivity contribution in [3.8, 4) is 0 Å². The van der Waals surface area contributed by atoms with Crippen molar-refractivity contribution in [2.45, 2.75) is 24.9 Å². The summed E-state index contributed by atoms with van der Waals surface area (Å²) in [7, 11) is 0. The molecule has 0 radical (unpaired) electrons. The van der Waals surface area contributed by atoms with Gasteiger partial charge in [0.15, 0.2) is 0 Å². The van der Waals surface area contributed by atoms with Gasteiger partial charge in [-0.25, -0.2) is 0 Å².